The van der Waals surface area contributed by atoms with Crippen molar-refractivity contribution in [2.75, 3.05) is 20.8 Å². The maximum absolute atomic E-state index is 12.9. The predicted molar refractivity (Wildman–Crippen MR) is 83.7 cm³/mol. The molecule has 2 bridgehead atoms. The van der Waals surface area contributed by atoms with Gasteiger partial charge in [-0.1, -0.05) is 12.2 Å². The van der Waals surface area contributed by atoms with Crippen LogP contribution in [-0.2, 0) is 20.9 Å². The standard InChI is InChI=1S/C18H19NO6/c1-23-11-4-3-10(13(7-11)24-2)8-19-9-18-6-5-12(25-18)14(17(21)22)15(18)16(19)20/h3-7,12,14-15H,8-9H2,1-2H3,(H,21,22)/p-1/t12-,14+,15-,18+/m1/s1. The highest BCUT2D eigenvalue weighted by atomic mass is 16.5. The van der Waals surface area contributed by atoms with E-state index in [4.69, 9.17) is 14.2 Å². The number of hydrogen-bond acceptors (Lipinski definition) is 6. The molecule has 0 saturated carbocycles. The Morgan fingerprint density at radius 2 is 2.20 bits per heavy atom. The second kappa shape index (κ2) is 5.49. The molecule has 4 atom stereocenters. The van der Waals surface area contributed by atoms with E-state index in [1.165, 1.54) is 0 Å². The molecule has 25 heavy (non-hydrogen) atoms. The summed E-state index contributed by atoms with van der Waals surface area (Å²) in [5, 5.41) is 11.5. The molecule has 7 heteroatoms. The molecule has 2 saturated heterocycles. The maximum Gasteiger partial charge on any atom is 0.230 e. The van der Waals surface area contributed by atoms with Gasteiger partial charge in [0.25, 0.3) is 0 Å². The van der Waals surface area contributed by atoms with Crippen molar-refractivity contribution in [3.8, 4) is 11.5 Å². The first-order valence-corrected chi connectivity index (χ1v) is 8.07. The Morgan fingerprint density at radius 3 is 2.88 bits per heavy atom. The summed E-state index contributed by atoms with van der Waals surface area (Å²) >= 11 is 0. The maximum atomic E-state index is 12.9. The monoisotopic (exact) mass is 344 g/mol. The van der Waals surface area contributed by atoms with E-state index in [1.54, 1.807) is 37.3 Å². The van der Waals surface area contributed by atoms with Crippen LogP contribution in [0.2, 0.25) is 0 Å². The Balaban J connectivity index is 1.61. The number of hydrogen-bond donors (Lipinski definition) is 0. The molecule has 132 valence electrons. The Hall–Kier alpha value is -2.54. The molecule has 7 nitrogen and oxygen atoms in total. The Bertz CT molecular complexity index is 775. The van der Waals surface area contributed by atoms with Crippen molar-refractivity contribution in [1.29, 1.82) is 0 Å². The van der Waals surface area contributed by atoms with Gasteiger partial charge in [-0.3, -0.25) is 4.79 Å². The summed E-state index contributed by atoms with van der Waals surface area (Å²) in [5.41, 5.74) is -0.0387. The van der Waals surface area contributed by atoms with E-state index in [0.717, 1.165) is 5.56 Å². The summed E-state index contributed by atoms with van der Waals surface area (Å²) < 4.78 is 16.4. The molecule has 1 aromatic rings. The van der Waals surface area contributed by atoms with Crippen LogP contribution < -0.4 is 14.6 Å². The van der Waals surface area contributed by atoms with Crippen molar-refractivity contribution in [1.82, 2.24) is 4.90 Å². The molecule has 2 fully saturated rings. The normalized spacial score (nSPS) is 32.2. The summed E-state index contributed by atoms with van der Waals surface area (Å²) in [6, 6.07) is 5.38. The zero-order valence-electron chi connectivity index (χ0n) is 13.9. The van der Waals surface area contributed by atoms with Crippen molar-refractivity contribution >= 4 is 11.9 Å². The number of amides is 1. The summed E-state index contributed by atoms with van der Waals surface area (Å²) in [6.07, 6.45) is 2.98. The lowest BCUT2D eigenvalue weighted by Gasteiger charge is -2.24. The number of fused-ring (bicyclic) bond motifs is 1. The number of ether oxygens (including phenoxy) is 3. The molecule has 3 aliphatic rings. The number of rotatable bonds is 5. The zero-order valence-corrected chi connectivity index (χ0v) is 13.9. The zero-order chi connectivity index (χ0) is 17.8. The second-order valence-electron chi connectivity index (χ2n) is 6.59. The molecule has 4 rings (SSSR count). The van der Waals surface area contributed by atoms with Gasteiger partial charge >= 0.3 is 0 Å². The topological polar surface area (TPSA) is 88.1 Å². The SMILES string of the molecule is COc1ccc(CN2C[C@]34C=C[C@@H](O3)[C@H](C(=O)[O-])[C@@H]4C2=O)c(OC)c1. The number of carbonyl (C=O) groups excluding carboxylic acids is 2. The van der Waals surface area contributed by atoms with Crippen LogP contribution in [0.15, 0.2) is 30.4 Å². The minimum Gasteiger partial charge on any atom is -0.550 e. The van der Waals surface area contributed by atoms with Crippen molar-refractivity contribution < 1.29 is 28.9 Å². The number of carbonyl (C=O) groups is 2. The van der Waals surface area contributed by atoms with Gasteiger partial charge in [-0.25, -0.2) is 0 Å². The second-order valence-corrected chi connectivity index (χ2v) is 6.59. The van der Waals surface area contributed by atoms with Gasteiger partial charge in [0.05, 0.1) is 32.8 Å². The van der Waals surface area contributed by atoms with Crippen molar-refractivity contribution in [2.24, 2.45) is 11.8 Å². The third-order valence-electron chi connectivity index (χ3n) is 5.31. The summed E-state index contributed by atoms with van der Waals surface area (Å²) in [4.78, 5) is 26.0. The molecule has 0 unspecified atom stereocenters. The fourth-order valence-corrected chi connectivity index (χ4v) is 4.17. The first kappa shape index (κ1) is 16.0. The smallest absolute Gasteiger partial charge is 0.230 e. The summed E-state index contributed by atoms with van der Waals surface area (Å²) in [5.74, 6) is -1.85. The number of benzene rings is 1. The van der Waals surface area contributed by atoms with Crippen molar-refractivity contribution in [3.05, 3.63) is 35.9 Å². The van der Waals surface area contributed by atoms with Crippen LogP contribution in [0, 0.1) is 11.8 Å². The molecule has 1 spiro atoms. The van der Waals surface area contributed by atoms with Crippen molar-refractivity contribution in [2.45, 2.75) is 18.2 Å². The lowest BCUT2D eigenvalue weighted by Crippen LogP contribution is -2.45. The number of carboxylic acids is 1. The van der Waals surface area contributed by atoms with E-state index in [0.29, 0.717) is 24.6 Å². The average molecular weight is 344 g/mol. The van der Waals surface area contributed by atoms with Crippen LogP contribution in [0.5, 0.6) is 11.5 Å². The fourth-order valence-electron chi connectivity index (χ4n) is 4.17. The molecule has 0 aromatic heterocycles. The van der Waals surface area contributed by atoms with Crippen LogP contribution in [0.3, 0.4) is 0 Å². The average Bonchev–Trinajstić information content (AvgIpc) is 3.23. The number of carboxylic acid groups (broad SMARTS) is 1. The molecule has 0 radical (unpaired) electrons. The van der Waals surface area contributed by atoms with Gasteiger partial charge in [0.2, 0.25) is 5.91 Å². The van der Waals surface area contributed by atoms with E-state index in [-0.39, 0.29) is 5.91 Å². The lowest BCUT2D eigenvalue weighted by atomic mass is 9.77. The van der Waals surface area contributed by atoms with Gasteiger partial charge < -0.3 is 29.0 Å². The summed E-state index contributed by atoms with van der Waals surface area (Å²) in [6.45, 7) is 0.633. The first-order chi connectivity index (χ1) is 12.0. The number of nitrogens with zero attached hydrogens (tertiary/aromatic N) is 1. The molecular formula is C18H18NO6-. The van der Waals surface area contributed by atoms with Gasteiger partial charge in [-0.2, -0.15) is 0 Å². The Kier molecular flexibility index (Phi) is 3.50. The largest absolute Gasteiger partial charge is 0.550 e. The van der Waals surface area contributed by atoms with Gasteiger partial charge in [-0.15, -0.1) is 0 Å². The molecule has 3 aliphatic heterocycles. The van der Waals surface area contributed by atoms with E-state index < -0.39 is 29.5 Å². The van der Waals surface area contributed by atoms with Crippen LogP contribution in [0.25, 0.3) is 0 Å². The highest BCUT2D eigenvalue weighted by Crippen LogP contribution is 2.52. The van der Waals surface area contributed by atoms with Gasteiger partial charge in [0.1, 0.15) is 17.1 Å². The van der Waals surface area contributed by atoms with Crippen molar-refractivity contribution in [3.63, 3.8) is 0 Å². The van der Waals surface area contributed by atoms with E-state index in [9.17, 15) is 14.7 Å². The molecule has 1 aromatic carbocycles. The number of aliphatic carboxylic acids is 1. The van der Waals surface area contributed by atoms with E-state index in [2.05, 4.69) is 0 Å². The minimum absolute atomic E-state index is 0.223. The molecule has 0 aliphatic carbocycles. The first-order valence-electron chi connectivity index (χ1n) is 8.07. The van der Waals surface area contributed by atoms with Crippen LogP contribution in [0.4, 0.5) is 0 Å². The predicted octanol–water partition coefficient (Wildman–Crippen LogP) is -0.264. The van der Waals surface area contributed by atoms with Gasteiger partial charge in [0, 0.05) is 30.1 Å². The molecule has 0 N–H and O–H groups in total. The van der Waals surface area contributed by atoms with E-state index in [1.807, 2.05) is 12.1 Å². The van der Waals surface area contributed by atoms with Crippen LogP contribution in [0.1, 0.15) is 5.56 Å². The lowest BCUT2D eigenvalue weighted by molar-refractivity contribution is -0.313. The Morgan fingerprint density at radius 1 is 1.40 bits per heavy atom. The van der Waals surface area contributed by atoms with E-state index >= 15 is 0 Å². The Labute approximate surface area is 144 Å². The molecule has 3 heterocycles. The number of methoxy groups -OCH3 is 2. The highest BCUT2D eigenvalue weighted by Gasteiger charge is 2.65. The fraction of sp³-hybridized carbons (Fsp3) is 0.444. The minimum atomic E-state index is -1.24. The van der Waals surface area contributed by atoms with Crippen LogP contribution in [-0.4, -0.2) is 49.2 Å². The molecule has 1 amide bonds. The van der Waals surface area contributed by atoms with Gasteiger partial charge in [-0.05, 0) is 12.1 Å². The summed E-state index contributed by atoms with van der Waals surface area (Å²) in [7, 11) is 3.12. The third kappa shape index (κ3) is 2.22. The van der Waals surface area contributed by atoms with Crippen LogP contribution >= 0.6 is 0 Å². The highest BCUT2D eigenvalue weighted by molar-refractivity contribution is 5.90. The number of likely N-dealkylation sites (tertiary alicyclic amines) is 1. The third-order valence-corrected chi connectivity index (χ3v) is 5.31. The van der Waals surface area contributed by atoms with Gasteiger partial charge in [0.15, 0.2) is 0 Å². The molecular weight excluding hydrogens is 326 g/mol. The quantitative estimate of drug-likeness (QED) is 0.684.